The van der Waals surface area contributed by atoms with Gasteiger partial charge in [-0.2, -0.15) is 13.2 Å². The first-order chi connectivity index (χ1) is 9.90. The van der Waals surface area contributed by atoms with Crippen LogP contribution in [0.1, 0.15) is 20.1 Å². The lowest BCUT2D eigenvalue weighted by molar-refractivity contribution is -0.137. The minimum Gasteiger partial charge on any atom is -0.488 e. The Bertz CT molecular complexity index is 640. The van der Waals surface area contributed by atoms with E-state index in [0.29, 0.717) is 9.75 Å². The van der Waals surface area contributed by atoms with Gasteiger partial charge in [0.25, 0.3) is 5.91 Å². The van der Waals surface area contributed by atoms with E-state index >= 15 is 0 Å². The second kappa shape index (κ2) is 6.15. The zero-order valence-corrected chi connectivity index (χ0v) is 11.4. The van der Waals surface area contributed by atoms with Gasteiger partial charge in [0.1, 0.15) is 12.4 Å². The Balaban J connectivity index is 2.03. The number of carbonyl (C=O) groups is 1. The summed E-state index contributed by atoms with van der Waals surface area (Å²) in [5, 5.41) is 0. The number of rotatable bonds is 4. The minimum absolute atomic E-state index is 0.0732. The van der Waals surface area contributed by atoms with Crippen LogP contribution in [0.25, 0.3) is 0 Å². The maximum Gasteiger partial charge on any atom is 0.416 e. The first-order valence-corrected chi connectivity index (χ1v) is 6.61. The van der Waals surface area contributed by atoms with E-state index in [-0.39, 0.29) is 12.4 Å². The summed E-state index contributed by atoms with van der Waals surface area (Å²) in [4.78, 5) is 12.4. The van der Waals surface area contributed by atoms with Crippen LogP contribution in [0.3, 0.4) is 0 Å². The minimum atomic E-state index is -4.41. The van der Waals surface area contributed by atoms with Crippen LogP contribution in [0, 0.1) is 0 Å². The first-order valence-electron chi connectivity index (χ1n) is 5.80. The summed E-state index contributed by atoms with van der Waals surface area (Å²) in [5.74, 6) is 4.69. The number of benzene rings is 1. The molecular weight excluding hydrogens is 305 g/mol. The van der Waals surface area contributed by atoms with Crippen LogP contribution < -0.4 is 16.0 Å². The van der Waals surface area contributed by atoms with Gasteiger partial charge in [-0.25, -0.2) is 5.84 Å². The van der Waals surface area contributed by atoms with Crippen molar-refractivity contribution >= 4 is 17.2 Å². The molecule has 1 heterocycles. The lowest BCUT2D eigenvalue weighted by Gasteiger charge is -2.09. The summed E-state index contributed by atoms with van der Waals surface area (Å²) in [7, 11) is 0. The number of carbonyl (C=O) groups excluding carboxylic acids is 1. The molecule has 0 saturated carbocycles. The lowest BCUT2D eigenvalue weighted by atomic mass is 10.2. The molecule has 21 heavy (non-hydrogen) atoms. The van der Waals surface area contributed by atoms with E-state index in [4.69, 9.17) is 10.6 Å². The molecule has 0 radical (unpaired) electrons. The molecule has 1 aromatic carbocycles. The maximum atomic E-state index is 12.6. The summed E-state index contributed by atoms with van der Waals surface area (Å²) < 4.78 is 43.0. The predicted molar refractivity (Wildman–Crippen MR) is 71.7 cm³/mol. The number of ether oxygens (including phenoxy) is 1. The van der Waals surface area contributed by atoms with Crippen molar-refractivity contribution in [3.05, 3.63) is 51.7 Å². The Hall–Kier alpha value is -2.06. The van der Waals surface area contributed by atoms with E-state index in [1.54, 1.807) is 12.1 Å². The number of thiophene rings is 1. The molecule has 112 valence electrons. The average Bonchev–Trinajstić information content (AvgIpc) is 2.92. The number of hydrogen-bond donors (Lipinski definition) is 2. The van der Waals surface area contributed by atoms with Crippen LogP contribution in [0.15, 0.2) is 36.4 Å². The van der Waals surface area contributed by atoms with Crippen molar-refractivity contribution in [1.82, 2.24) is 5.43 Å². The van der Waals surface area contributed by atoms with Crippen LogP contribution in [-0.4, -0.2) is 5.91 Å². The fourth-order valence-corrected chi connectivity index (χ4v) is 2.39. The van der Waals surface area contributed by atoms with Crippen molar-refractivity contribution in [2.24, 2.45) is 5.84 Å². The number of hydrogen-bond acceptors (Lipinski definition) is 4. The molecule has 1 aromatic heterocycles. The third-order valence-electron chi connectivity index (χ3n) is 2.56. The number of halogens is 3. The molecule has 0 aliphatic carbocycles. The van der Waals surface area contributed by atoms with E-state index in [9.17, 15) is 18.0 Å². The first kappa shape index (κ1) is 15.3. The summed E-state index contributed by atoms with van der Waals surface area (Å²) >= 11 is 1.16. The highest BCUT2D eigenvalue weighted by Crippen LogP contribution is 2.31. The molecule has 0 fully saturated rings. The SMILES string of the molecule is NNC(=O)c1ccc(COc2cccc(C(F)(F)F)c2)s1. The molecule has 0 saturated heterocycles. The highest BCUT2D eigenvalue weighted by atomic mass is 32.1. The van der Waals surface area contributed by atoms with Crippen molar-refractivity contribution in [3.8, 4) is 5.75 Å². The summed E-state index contributed by atoms with van der Waals surface area (Å²) in [6.07, 6.45) is -4.41. The molecule has 0 spiro atoms. The summed E-state index contributed by atoms with van der Waals surface area (Å²) in [5.41, 5.74) is 1.23. The highest BCUT2D eigenvalue weighted by molar-refractivity contribution is 7.14. The van der Waals surface area contributed by atoms with Crippen molar-refractivity contribution in [1.29, 1.82) is 0 Å². The van der Waals surface area contributed by atoms with Gasteiger partial charge in [0.15, 0.2) is 0 Å². The molecule has 8 heteroatoms. The Kier molecular flexibility index (Phi) is 4.49. The highest BCUT2D eigenvalue weighted by Gasteiger charge is 2.30. The third-order valence-corrected chi connectivity index (χ3v) is 3.62. The number of amides is 1. The van der Waals surface area contributed by atoms with E-state index < -0.39 is 17.6 Å². The molecule has 0 unspecified atom stereocenters. The number of alkyl halides is 3. The number of hydrazine groups is 1. The quantitative estimate of drug-likeness (QED) is 0.518. The fourth-order valence-electron chi connectivity index (χ4n) is 1.57. The summed E-state index contributed by atoms with van der Waals surface area (Å²) in [6.45, 7) is 0.0732. The number of nitrogens with two attached hydrogens (primary N) is 1. The summed E-state index contributed by atoms with van der Waals surface area (Å²) in [6, 6.07) is 7.85. The van der Waals surface area contributed by atoms with Crippen molar-refractivity contribution in [2.45, 2.75) is 12.8 Å². The average molecular weight is 316 g/mol. The molecule has 1 amide bonds. The molecule has 3 N–H and O–H groups in total. The van der Waals surface area contributed by atoms with Gasteiger partial charge >= 0.3 is 6.18 Å². The molecule has 0 atom stereocenters. The number of nitrogen functional groups attached to an aromatic ring is 1. The normalized spacial score (nSPS) is 11.2. The van der Waals surface area contributed by atoms with Crippen LogP contribution in [0.2, 0.25) is 0 Å². The van der Waals surface area contributed by atoms with Crippen LogP contribution in [-0.2, 0) is 12.8 Å². The largest absolute Gasteiger partial charge is 0.488 e. The van der Waals surface area contributed by atoms with Gasteiger partial charge in [-0.1, -0.05) is 6.07 Å². The monoisotopic (exact) mass is 316 g/mol. The third kappa shape index (κ3) is 3.96. The van der Waals surface area contributed by atoms with E-state index in [1.165, 1.54) is 12.1 Å². The van der Waals surface area contributed by atoms with Gasteiger partial charge in [-0.15, -0.1) is 11.3 Å². The van der Waals surface area contributed by atoms with Gasteiger partial charge in [-0.3, -0.25) is 10.2 Å². The Labute approximate surface area is 122 Å². The van der Waals surface area contributed by atoms with Crippen LogP contribution in [0.5, 0.6) is 5.75 Å². The molecule has 2 rings (SSSR count). The van der Waals surface area contributed by atoms with Gasteiger partial charge < -0.3 is 4.74 Å². The molecular formula is C13H11F3N2O2S. The Morgan fingerprint density at radius 1 is 1.29 bits per heavy atom. The van der Waals surface area contributed by atoms with E-state index in [0.717, 1.165) is 23.5 Å². The smallest absolute Gasteiger partial charge is 0.416 e. The standard InChI is InChI=1S/C13H11F3N2O2S/c14-13(15,16)8-2-1-3-9(6-8)20-7-10-4-5-11(21-10)12(19)18-17/h1-6H,7,17H2,(H,18,19). The second-order valence-electron chi connectivity index (χ2n) is 4.05. The topological polar surface area (TPSA) is 64.3 Å². The van der Waals surface area contributed by atoms with Gasteiger partial charge in [0, 0.05) is 4.88 Å². The van der Waals surface area contributed by atoms with E-state index in [1.807, 2.05) is 5.43 Å². The Morgan fingerprint density at radius 3 is 2.71 bits per heavy atom. The lowest BCUT2D eigenvalue weighted by Crippen LogP contribution is -2.29. The van der Waals surface area contributed by atoms with Gasteiger partial charge in [-0.05, 0) is 30.3 Å². The van der Waals surface area contributed by atoms with Crippen molar-refractivity contribution in [3.63, 3.8) is 0 Å². The zero-order chi connectivity index (χ0) is 15.5. The van der Waals surface area contributed by atoms with Gasteiger partial charge in [0.2, 0.25) is 0 Å². The van der Waals surface area contributed by atoms with Crippen molar-refractivity contribution < 1.29 is 22.7 Å². The molecule has 0 aliphatic rings. The molecule has 4 nitrogen and oxygen atoms in total. The fraction of sp³-hybridized carbons (Fsp3) is 0.154. The van der Waals surface area contributed by atoms with E-state index in [2.05, 4.69) is 0 Å². The number of nitrogens with one attached hydrogen (secondary N) is 1. The predicted octanol–water partition coefficient (Wildman–Crippen LogP) is 2.95. The zero-order valence-electron chi connectivity index (χ0n) is 10.6. The van der Waals surface area contributed by atoms with Crippen LogP contribution in [0.4, 0.5) is 13.2 Å². The van der Waals surface area contributed by atoms with Crippen LogP contribution >= 0.6 is 11.3 Å². The Morgan fingerprint density at radius 2 is 2.05 bits per heavy atom. The molecule has 0 aliphatic heterocycles. The molecule has 0 bridgehead atoms. The van der Waals surface area contributed by atoms with Gasteiger partial charge in [0.05, 0.1) is 10.4 Å². The van der Waals surface area contributed by atoms with Crippen molar-refractivity contribution in [2.75, 3.05) is 0 Å². The molecule has 2 aromatic rings. The second-order valence-corrected chi connectivity index (χ2v) is 5.22. The maximum absolute atomic E-state index is 12.6.